The van der Waals surface area contributed by atoms with Gasteiger partial charge in [-0.2, -0.15) is 13.2 Å². The minimum Gasteiger partial charge on any atom is -0.402 e. The predicted molar refractivity (Wildman–Crippen MR) is 127 cm³/mol. The summed E-state index contributed by atoms with van der Waals surface area (Å²) < 4.78 is 44.2. The van der Waals surface area contributed by atoms with Gasteiger partial charge < -0.3 is 20.2 Å². The van der Waals surface area contributed by atoms with Gasteiger partial charge in [0.25, 0.3) is 5.89 Å². The second-order valence-corrected chi connectivity index (χ2v) is 10.9. The van der Waals surface area contributed by atoms with E-state index in [4.69, 9.17) is 9.40 Å². The molecule has 3 aromatic rings. The predicted octanol–water partition coefficient (Wildman–Crippen LogP) is 5.44. The number of aliphatic hydroxyl groups excluding tert-OH is 1. The molecule has 4 atom stereocenters. The summed E-state index contributed by atoms with van der Waals surface area (Å²) in [6, 6.07) is 5.64. The quantitative estimate of drug-likeness (QED) is 0.439. The fraction of sp³-hybridized carbons (Fsp3) is 0.560. The summed E-state index contributed by atoms with van der Waals surface area (Å²) in [5.41, 5.74) is 2.89. The van der Waals surface area contributed by atoms with Crippen LogP contribution in [-0.2, 0) is 5.41 Å². The third-order valence-electron chi connectivity index (χ3n) is 7.15. The van der Waals surface area contributed by atoms with Crippen molar-refractivity contribution in [1.29, 1.82) is 0 Å². The Balaban J connectivity index is 1.47. The van der Waals surface area contributed by atoms with Crippen molar-refractivity contribution in [3.63, 3.8) is 0 Å². The zero-order chi connectivity index (χ0) is 25.1. The maximum Gasteiger partial charge on any atom is 0.405 e. The summed E-state index contributed by atoms with van der Waals surface area (Å²) in [5.74, 6) is 0.997. The third kappa shape index (κ3) is 4.80. The normalized spacial score (nSPS) is 24.3. The maximum absolute atomic E-state index is 12.8. The molecule has 2 aliphatic carbocycles. The number of benzene rings is 1. The summed E-state index contributed by atoms with van der Waals surface area (Å²) in [7, 11) is 0. The van der Waals surface area contributed by atoms with Crippen molar-refractivity contribution in [2.45, 2.75) is 70.7 Å². The van der Waals surface area contributed by atoms with E-state index in [1.807, 2.05) is 27.7 Å². The number of anilines is 2. The molecule has 10 heteroatoms. The molecule has 3 N–H and O–H groups in total. The number of alkyl halides is 3. The molecule has 1 aromatic carbocycles. The highest BCUT2D eigenvalue weighted by Gasteiger charge is 2.46. The van der Waals surface area contributed by atoms with Crippen LogP contribution >= 0.6 is 0 Å². The van der Waals surface area contributed by atoms with Gasteiger partial charge in [-0.1, -0.05) is 25.9 Å². The fourth-order valence-corrected chi connectivity index (χ4v) is 5.50. The van der Waals surface area contributed by atoms with E-state index in [2.05, 4.69) is 20.8 Å². The van der Waals surface area contributed by atoms with Crippen LogP contribution in [0, 0.1) is 18.8 Å². The second kappa shape index (κ2) is 8.36. The van der Waals surface area contributed by atoms with Gasteiger partial charge in [-0.25, -0.2) is 4.98 Å². The van der Waals surface area contributed by atoms with Crippen molar-refractivity contribution in [3.05, 3.63) is 29.3 Å². The second-order valence-electron chi connectivity index (χ2n) is 10.9. The van der Waals surface area contributed by atoms with Gasteiger partial charge in [0.1, 0.15) is 12.2 Å². The van der Waals surface area contributed by atoms with Gasteiger partial charge >= 0.3 is 12.2 Å². The maximum atomic E-state index is 12.8. The third-order valence-corrected chi connectivity index (χ3v) is 7.15. The summed E-state index contributed by atoms with van der Waals surface area (Å²) in [5, 5.41) is 25.1. The SMILES string of the molecule is Cc1cc(-c2nnc(NC3CC4CC(O)C3C4)o2)nc2c(C(C)(C)C)cc(NCC(F)(F)F)cc12. The van der Waals surface area contributed by atoms with Crippen molar-refractivity contribution in [1.82, 2.24) is 15.2 Å². The van der Waals surface area contributed by atoms with Crippen LogP contribution in [0.1, 0.15) is 51.2 Å². The fourth-order valence-electron chi connectivity index (χ4n) is 5.50. The monoisotopic (exact) mass is 489 g/mol. The van der Waals surface area contributed by atoms with E-state index in [-0.39, 0.29) is 29.4 Å². The van der Waals surface area contributed by atoms with Gasteiger partial charge in [-0.3, -0.25) is 0 Å². The van der Waals surface area contributed by atoms with E-state index < -0.39 is 12.7 Å². The van der Waals surface area contributed by atoms with E-state index in [0.29, 0.717) is 28.8 Å². The van der Waals surface area contributed by atoms with E-state index in [1.54, 1.807) is 18.2 Å². The number of aryl methyl sites for hydroxylation is 1. The van der Waals surface area contributed by atoms with Crippen LogP contribution in [0.5, 0.6) is 0 Å². The summed E-state index contributed by atoms with van der Waals surface area (Å²) in [6.07, 6.45) is -1.74. The molecule has 5 rings (SSSR count). The minimum absolute atomic E-state index is 0.110. The van der Waals surface area contributed by atoms with E-state index in [0.717, 1.165) is 35.8 Å². The molecule has 2 fully saturated rings. The lowest BCUT2D eigenvalue weighted by molar-refractivity contribution is -0.115. The van der Waals surface area contributed by atoms with Gasteiger partial charge in [0, 0.05) is 23.0 Å². The minimum atomic E-state index is -4.31. The average molecular weight is 490 g/mol. The van der Waals surface area contributed by atoms with Crippen LogP contribution < -0.4 is 10.6 Å². The lowest BCUT2D eigenvalue weighted by atomic mass is 9.84. The van der Waals surface area contributed by atoms with Crippen molar-refractivity contribution in [2.24, 2.45) is 11.8 Å². The van der Waals surface area contributed by atoms with Crippen molar-refractivity contribution in [3.8, 4) is 11.6 Å². The first-order chi connectivity index (χ1) is 16.4. The lowest BCUT2D eigenvalue weighted by Crippen LogP contribution is -2.34. The first-order valence-electron chi connectivity index (χ1n) is 11.9. The Hall–Kier alpha value is -2.88. The van der Waals surface area contributed by atoms with Gasteiger partial charge in [-0.15, -0.1) is 5.10 Å². The molecule has 2 aliphatic rings. The summed E-state index contributed by atoms with van der Waals surface area (Å²) in [4.78, 5) is 4.80. The van der Waals surface area contributed by atoms with Crippen LogP contribution in [0.15, 0.2) is 22.6 Å². The Morgan fingerprint density at radius 2 is 1.86 bits per heavy atom. The van der Waals surface area contributed by atoms with Crippen LogP contribution in [-0.4, -0.2) is 45.2 Å². The largest absolute Gasteiger partial charge is 0.405 e. The number of aliphatic hydroxyl groups is 1. The molecule has 2 bridgehead atoms. The van der Waals surface area contributed by atoms with Gasteiger partial charge in [0.2, 0.25) is 0 Å². The Morgan fingerprint density at radius 3 is 2.51 bits per heavy atom. The lowest BCUT2D eigenvalue weighted by Gasteiger charge is -2.25. The van der Waals surface area contributed by atoms with Crippen molar-refractivity contribution < 1.29 is 22.7 Å². The molecule has 2 saturated carbocycles. The Bertz CT molecular complexity index is 1250. The molecule has 0 saturated heterocycles. The number of hydrogen-bond donors (Lipinski definition) is 3. The number of rotatable bonds is 5. The Labute approximate surface area is 201 Å². The van der Waals surface area contributed by atoms with E-state index >= 15 is 0 Å². The highest BCUT2D eigenvalue weighted by atomic mass is 19.4. The summed E-state index contributed by atoms with van der Waals surface area (Å²) in [6.45, 7) is 6.77. The van der Waals surface area contributed by atoms with Gasteiger partial charge in [-0.05, 0) is 66.8 Å². The van der Waals surface area contributed by atoms with Crippen LogP contribution in [0.25, 0.3) is 22.5 Å². The molecule has 7 nitrogen and oxygen atoms in total. The van der Waals surface area contributed by atoms with Gasteiger partial charge in [0.05, 0.1) is 11.6 Å². The van der Waals surface area contributed by atoms with Crippen LogP contribution in [0.3, 0.4) is 0 Å². The number of aromatic nitrogens is 3. The molecule has 0 amide bonds. The number of nitrogens with zero attached hydrogens (tertiary/aromatic N) is 3. The zero-order valence-corrected chi connectivity index (χ0v) is 20.2. The first kappa shape index (κ1) is 23.8. The first-order valence-corrected chi connectivity index (χ1v) is 11.9. The zero-order valence-electron chi connectivity index (χ0n) is 20.2. The van der Waals surface area contributed by atoms with E-state index in [1.165, 1.54) is 0 Å². The number of pyridine rings is 1. The molecule has 0 radical (unpaired) electrons. The molecular weight excluding hydrogens is 459 g/mol. The number of fused-ring (bicyclic) bond motifs is 3. The van der Waals surface area contributed by atoms with Crippen LogP contribution in [0.2, 0.25) is 0 Å². The molecular formula is C25H30F3N5O2. The summed E-state index contributed by atoms with van der Waals surface area (Å²) >= 11 is 0. The molecule has 2 aromatic heterocycles. The number of nitrogens with one attached hydrogen (secondary N) is 2. The average Bonchev–Trinajstić information content (AvgIpc) is 3.46. The highest BCUT2D eigenvalue weighted by molar-refractivity contribution is 5.90. The molecule has 0 spiro atoms. The van der Waals surface area contributed by atoms with Gasteiger partial charge in [0.15, 0.2) is 0 Å². The molecule has 4 unspecified atom stereocenters. The molecule has 2 heterocycles. The van der Waals surface area contributed by atoms with Crippen molar-refractivity contribution in [2.75, 3.05) is 17.2 Å². The number of halogens is 3. The molecule has 0 aliphatic heterocycles. The Kier molecular flexibility index (Phi) is 5.69. The smallest absolute Gasteiger partial charge is 0.402 e. The standard InChI is InChI=1S/C25H30F3N5O2/c1-12-5-19(22-32-33-23(35-22)31-18-7-13-6-16(18)20(34)8-13)30-21-15(12)9-14(29-11-25(26,27)28)10-17(21)24(2,3)4/h5,9-10,13,16,18,20,29,34H,6-8,11H2,1-4H3,(H,31,33). The number of hydrogen-bond acceptors (Lipinski definition) is 7. The highest BCUT2D eigenvalue weighted by Crippen LogP contribution is 2.45. The molecule has 35 heavy (non-hydrogen) atoms. The van der Waals surface area contributed by atoms with E-state index in [9.17, 15) is 18.3 Å². The molecule has 188 valence electrons. The van der Waals surface area contributed by atoms with Crippen LogP contribution in [0.4, 0.5) is 24.9 Å². The topological polar surface area (TPSA) is 96.1 Å². The van der Waals surface area contributed by atoms with Crippen molar-refractivity contribution >= 4 is 22.6 Å². The Morgan fingerprint density at radius 1 is 1.09 bits per heavy atom.